The van der Waals surface area contributed by atoms with Gasteiger partial charge in [-0.1, -0.05) is 31.4 Å². The number of aldehydes is 1. The summed E-state index contributed by atoms with van der Waals surface area (Å²) in [5.74, 6) is 0.883. The molecule has 1 aliphatic rings. The average Bonchev–Trinajstić information content (AvgIpc) is 2.41. The van der Waals surface area contributed by atoms with Crippen LogP contribution in [0, 0.1) is 0 Å². The van der Waals surface area contributed by atoms with E-state index in [1.54, 1.807) is 0 Å². The van der Waals surface area contributed by atoms with E-state index in [0.29, 0.717) is 6.61 Å². The molecule has 2 nitrogen and oxygen atoms in total. The van der Waals surface area contributed by atoms with Gasteiger partial charge >= 0.3 is 0 Å². The number of carbonyl (C=O) groups is 1. The number of benzene rings is 1. The minimum Gasteiger partial charge on any atom is -0.494 e. The van der Waals surface area contributed by atoms with Crippen LogP contribution in [0.4, 0.5) is 0 Å². The highest BCUT2D eigenvalue weighted by Crippen LogP contribution is 2.38. The highest BCUT2D eigenvalue weighted by Gasteiger charge is 2.33. The molecular weight excluding hydrogens is 212 g/mol. The lowest BCUT2D eigenvalue weighted by molar-refractivity contribution is -0.113. The molecule has 0 atom stereocenters. The van der Waals surface area contributed by atoms with Crippen molar-refractivity contribution in [3.05, 3.63) is 29.8 Å². The molecule has 1 aromatic carbocycles. The van der Waals surface area contributed by atoms with Gasteiger partial charge in [0.05, 0.1) is 12.0 Å². The maximum absolute atomic E-state index is 11.5. The molecule has 0 aromatic heterocycles. The Balaban J connectivity index is 2.21. The fourth-order valence-electron chi connectivity index (χ4n) is 2.71. The van der Waals surface area contributed by atoms with E-state index < -0.39 is 0 Å². The first-order valence-corrected chi connectivity index (χ1v) is 6.50. The van der Waals surface area contributed by atoms with Gasteiger partial charge < -0.3 is 9.53 Å². The summed E-state index contributed by atoms with van der Waals surface area (Å²) in [6, 6.07) is 8.03. The minimum absolute atomic E-state index is 0.233. The van der Waals surface area contributed by atoms with Gasteiger partial charge in [-0.05, 0) is 37.5 Å². The molecule has 0 unspecified atom stereocenters. The van der Waals surface area contributed by atoms with Gasteiger partial charge in [-0.15, -0.1) is 0 Å². The summed E-state index contributed by atoms with van der Waals surface area (Å²) in [6.45, 7) is 2.65. The molecule has 1 saturated carbocycles. The Hall–Kier alpha value is -1.31. The van der Waals surface area contributed by atoms with Crippen molar-refractivity contribution < 1.29 is 9.53 Å². The monoisotopic (exact) mass is 232 g/mol. The molecular formula is C15H20O2. The van der Waals surface area contributed by atoms with E-state index >= 15 is 0 Å². The summed E-state index contributed by atoms with van der Waals surface area (Å²) in [5.41, 5.74) is 0.916. The average molecular weight is 232 g/mol. The molecule has 0 radical (unpaired) electrons. The van der Waals surface area contributed by atoms with Crippen molar-refractivity contribution in [3.63, 3.8) is 0 Å². The first kappa shape index (κ1) is 12.2. The van der Waals surface area contributed by atoms with Gasteiger partial charge in [0.25, 0.3) is 0 Å². The highest BCUT2D eigenvalue weighted by atomic mass is 16.5. The topological polar surface area (TPSA) is 26.3 Å². The van der Waals surface area contributed by atoms with Crippen molar-refractivity contribution in [2.24, 2.45) is 0 Å². The smallest absolute Gasteiger partial charge is 0.130 e. The van der Waals surface area contributed by atoms with Crippen LogP contribution < -0.4 is 4.74 Å². The molecule has 2 heteroatoms. The maximum Gasteiger partial charge on any atom is 0.130 e. The Kier molecular flexibility index (Phi) is 3.82. The Morgan fingerprint density at radius 2 is 1.82 bits per heavy atom. The second kappa shape index (κ2) is 5.35. The normalized spacial score (nSPS) is 18.6. The first-order valence-electron chi connectivity index (χ1n) is 6.50. The number of hydrogen-bond acceptors (Lipinski definition) is 2. The molecule has 2 rings (SSSR count). The number of hydrogen-bond donors (Lipinski definition) is 0. The van der Waals surface area contributed by atoms with Crippen molar-refractivity contribution in [1.29, 1.82) is 0 Å². The van der Waals surface area contributed by atoms with Gasteiger partial charge in [0.15, 0.2) is 0 Å². The van der Waals surface area contributed by atoms with Crippen molar-refractivity contribution >= 4 is 6.29 Å². The van der Waals surface area contributed by atoms with Crippen LogP contribution in [0.15, 0.2) is 24.3 Å². The first-order chi connectivity index (χ1) is 8.30. The van der Waals surface area contributed by atoms with Gasteiger partial charge in [0, 0.05) is 0 Å². The van der Waals surface area contributed by atoms with E-state index in [1.807, 2.05) is 31.2 Å². The van der Waals surface area contributed by atoms with Crippen LogP contribution >= 0.6 is 0 Å². The lowest BCUT2D eigenvalue weighted by atomic mass is 9.70. The van der Waals surface area contributed by atoms with E-state index in [1.165, 1.54) is 6.42 Å². The highest BCUT2D eigenvalue weighted by molar-refractivity contribution is 5.69. The summed E-state index contributed by atoms with van der Waals surface area (Å²) >= 11 is 0. The van der Waals surface area contributed by atoms with Crippen LogP contribution in [0.3, 0.4) is 0 Å². The summed E-state index contributed by atoms with van der Waals surface area (Å²) in [7, 11) is 0. The summed E-state index contributed by atoms with van der Waals surface area (Å²) in [6.07, 6.45) is 6.71. The zero-order valence-electron chi connectivity index (χ0n) is 10.4. The fraction of sp³-hybridized carbons (Fsp3) is 0.533. The van der Waals surface area contributed by atoms with Gasteiger partial charge in [-0.2, -0.15) is 0 Å². The minimum atomic E-state index is -0.233. The molecule has 0 spiro atoms. The standard InChI is InChI=1S/C15H20O2/c1-2-17-14-8-6-13(7-9-14)15(12-16)10-4-3-5-11-15/h6-9,12H,2-5,10-11H2,1H3. The molecule has 0 amide bonds. The largest absolute Gasteiger partial charge is 0.494 e. The molecule has 0 bridgehead atoms. The SMILES string of the molecule is CCOc1ccc(C2(C=O)CCCCC2)cc1. The number of ether oxygens (including phenoxy) is 1. The van der Waals surface area contributed by atoms with Gasteiger partial charge in [-0.3, -0.25) is 0 Å². The molecule has 0 N–H and O–H groups in total. The fourth-order valence-corrected chi connectivity index (χ4v) is 2.71. The summed E-state index contributed by atoms with van der Waals surface area (Å²) < 4.78 is 5.43. The van der Waals surface area contributed by atoms with E-state index in [4.69, 9.17) is 4.74 Å². The van der Waals surface area contributed by atoms with Crippen molar-refractivity contribution in [1.82, 2.24) is 0 Å². The lowest BCUT2D eigenvalue weighted by Crippen LogP contribution is -2.30. The molecule has 0 saturated heterocycles. The molecule has 0 aliphatic heterocycles. The van der Waals surface area contributed by atoms with Crippen LogP contribution in [-0.2, 0) is 10.2 Å². The van der Waals surface area contributed by atoms with E-state index in [0.717, 1.165) is 43.3 Å². The Labute approximate surface area is 103 Å². The van der Waals surface area contributed by atoms with Gasteiger partial charge in [0.2, 0.25) is 0 Å². The summed E-state index contributed by atoms with van der Waals surface area (Å²) in [4.78, 5) is 11.5. The number of carbonyl (C=O) groups excluding carboxylic acids is 1. The van der Waals surface area contributed by atoms with Crippen LogP contribution in [0.5, 0.6) is 5.75 Å². The van der Waals surface area contributed by atoms with Crippen LogP contribution in [0.2, 0.25) is 0 Å². The second-order valence-corrected chi connectivity index (χ2v) is 4.79. The van der Waals surface area contributed by atoms with Crippen LogP contribution in [0.1, 0.15) is 44.6 Å². The molecule has 1 aliphatic carbocycles. The summed E-state index contributed by atoms with van der Waals surface area (Å²) in [5, 5.41) is 0. The Morgan fingerprint density at radius 3 is 2.35 bits per heavy atom. The Bertz CT molecular complexity index is 361. The van der Waals surface area contributed by atoms with E-state index in [2.05, 4.69) is 0 Å². The van der Waals surface area contributed by atoms with Crippen LogP contribution in [-0.4, -0.2) is 12.9 Å². The van der Waals surface area contributed by atoms with Crippen LogP contribution in [0.25, 0.3) is 0 Å². The lowest BCUT2D eigenvalue weighted by Gasteiger charge is -2.32. The quantitative estimate of drug-likeness (QED) is 0.743. The van der Waals surface area contributed by atoms with Crippen molar-refractivity contribution in [2.75, 3.05) is 6.61 Å². The zero-order valence-corrected chi connectivity index (χ0v) is 10.4. The number of rotatable bonds is 4. The predicted molar refractivity (Wildman–Crippen MR) is 68.4 cm³/mol. The van der Waals surface area contributed by atoms with Crippen molar-refractivity contribution in [2.45, 2.75) is 44.4 Å². The maximum atomic E-state index is 11.5. The zero-order chi connectivity index (χ0) is 12.1. The predicted octanol–water partition coefficient (Wildman–Crippen LogP) is 3.49. The molecule has 1 aromatic rings. The molecule has 92 valence electrons. The van der Waals surface area contributed by atoms with Crippen molar-refractivity contribution in [3.8, 4) is 5.75 Å². The molecule has 1 fully saturated rings. The third kappa shape index (κ3) is 2.51. The third-order valence-electron chi connectivity index (χ3n) is 3.71. The van der Waals surface area contributed by atoms with Gasteiger partial charge in [0.1, 0.15) is 12.0 Å². The Morgan fingerprint density at radius 1 is 1.18 bits per heavy atom. The molecule has 0 heterocycles. The van der Waals surface area contributed by atoms with E-state index in [9.17, 15) is 4.79 Å². The van der Waals surface area contributed by atoms with E-state index in [-0.39, 0.29) is 5.41 Å². The van der Waals surface area contributed by atoms with Gasteiger partial charge in [-0.25, -0.2) is 0 Å². The second-order valence-electron chi connectivity index (χ2n) is 4.79. The third-order valence-corrected chi connectivity index (χ3v) is 3.71. The molecule has 17 heavy (non-hydrogen) atoms.